The van der Waals surface area contributed by atoms with E-state index in [0.717, 1.165) is 30.4 Å². The first-order valence-electron chi connectivity index (χ1n) is 10.0. The summed E-state index contributed by atoms with van der Waals surface area (Å²) in [5.41, 5.74) is 0. The fourth-order valence-electron chi connectivity index (χ4n) is 3.51. The van der Waals surface area contributed by atoms with Crippen molar-refractivity contribution in [2.45, 2.75) is 76.5 Å². The van der Waals surface area contributed by atoms with E-state index in [9.17, 15) is 4.79 Å². The summed E-state index contributed by atoms with van der Waals surface area (Å²) in [6.45, 7) is 5.10. The van der Waals surface area contributed by atoms with Crippen LogP contribution in [0.4, 0.5) is 0 Å². The molecule has 0 atom stereocenters. The van der Waals surface area contributed by atoms with Crippen LogP contribution in [0.5, 0.6) is 0 Å². The molecule has 0 saturated heterocycles. The fraction of sp³-hybridized carbons (Fsp3) is 0.650. The number of hydrogen-bond donors (Lipinski definition) is 1. The van der Waals surface area contributed by atoms with E-state index >= 15 is 0 Å². The number of nitrogens with one attached hydrogen (secondary N) is 1. The number of rotatable bonds is 7. The molecule has 1 fully saturated rings. The molecule has 1 N–H and O–H groups in total. The molecule has 148 valence electrons. The summed E-state index contributed by atoms with van der Waals surface area (Å²) in [4.78, 5) is 12.4. The Hall–Kier alpha value is -1.76. The molecule has 6 nitrogen and oxygen atoms in total. The highest BCUT2D eigenvalue weighted by Gasteiger charge is 2.19. The molecule has 1 aliphatic rings. The molecule has 1 amide bonds. The van der Waals surface area contributed by atoms with Gasteiger partial charge in [-0.1, -0.05) is 57.7 Å². The third kappa shape index (κ3) is 5.86. The standard InChI is InChI=1S/C20H30N4O2S/c1-15(2)13-24-19(17-11-8-12-26-17)22-23-20(24)27-14-18(25)21-16-9-6-4-3-5-7-10-16/h8,11-12,15-16H,3-7,9-10,13-14H2,1-2H3,(H,21,25). The molecule has 2 aromatic rings. The molecule has 0 aromatic carbocycles. The van der Waals surface area contributed by atoms with Crippen molar-refractivity contribution >= 4 is 17.7 Å². The molecular weight excluding hydrogens is 360 g/mol. The Morgan fingerprint density at radius 3 is 2.67 bits per heavy atom. The van der Waals surface area contributed by atoms with Gasteiger partial charge >= 0.3 is 0 Å². The number of nitrogens with zero attached hydrogens (tertiary/aromatic N) is 3. The van der Waals surface area contributed by atoms with Crippen molar-refractivity contribution < 1.29 is 9.21 Å². The van der Waals surface area contributed by atoms with Crippen LogP contribution in [0.25, 0.3) is 11.6 Å². The van der Waals surface area contributed by atoms with E-state index in [2.05, 4.69) is 33.9 Å². The summed E-state index contributed by atoms with van der Waals surface area (Å²) in [5, 5.41) is 12.6. The van der Waals surface area contributed by atoms with Crippen LogP contribution >= 0.6 is 11.8 Å². The maximum Gasteiger partial charge on any atom is 0.230 e. The molecule has 7 heteroatoms. The Kier molecular flexibility index (Phi) is 7.38. The Balaban J connectivity index is 1.60. The van der Waals surface area contributed by atoms with Crippen molar-refractivity contribution in [1.29, 1.82) is 0 Å². The average molecular weight is 391 g/mol. The van der Waals surface area contributed by atoms with Crippen LogP contribution in [-0.4, -0.2) is 32.5 Å². The molecule has 0 spiro atoms. The lowest BCUT2D eigenvalue weighted by Crippen LogP contribution is -2.36. The van der Waals surface area contributed by atoms with E-state index < -0.39 is 0 Å². The van der Waals surface area contributed by atoms with E-state index in [1.54, 1.807) is 6.26 Å². The van der Waals surface area contributed by atoms with Gasteiger partial charge in [-0.2, -0.15) is 0 Å². The van der Waals surface area contributed by atoms with Gasteiger partial charge in [0.15, 0.2) is 16.7 Å². The van der Waals surface area contributed by atoms with Gasteiger partial charge in [-0.25, -0.2) is 0 Å². The molecule has 0 unspecified atom stereocenters. The molecular formula is C20H30N4O2S. The monoisotopic (exact) mass is 390 g/mol. The lowest BCUT2D eigenvalue weighted by molar-refractivity contribution is -0.119. The van der Waals surface area contributed by atoms with Crippen molar-refractivity contribution in [3.8, 4) is 11.6 Å². The topological polar surface area (TPSA) is 73.0 Å². The van der Waals surface area contributed by atoms with Gasteiger partial charge < -0.3 is 9.73 Å². The SMILES string of the molecule is CC(C)Cn1c(SCC(=O)NC2CCCCCCC2)nnc1-c1ccco1. The predicted octanol–water partition coefficient (Wildman–Crippen LogP) is 4.52. The third-order valence-electron chi connectivity index (χ3n) is 4.81. The Morgan fingerprint density at radius 1 is 1.26 bits per heavy atom. The summed E-state index contributed by atoms with van der Waals surface area (Å²) in [6, 6.07) is 4.06. The zero-order valence-electron chi connectivity index (χ0n) is 16.3. The zero-order chi connectivity index (χ0) is 19.1. The third-order valence-corrected chi connectivity index (χ3v) is 5.78. The first kappa shape index (κ1) is 20.0. The second-order valence-electron chi connectivity index (χ2n) is 7.69. The van der Waals surface area contributed by atoms with Crippen molar-refractivity contribution in [2.75, 3.05) is 5.75 Å². The van der Waals surface area contributed by atoms with Gasteiger partial charge in [-0.05, 0) is 30.9 Å². The summed E-state index contributed by atoms with van der Waals surface area (Å²) < 4.78 is 7.54. The van der Waals surface area contributed by atoms with Gasteiger partial charge in [0.05, 0.1) is 12.0 Å². The van der Waals surface area contributed by atoms with Gasteiger partial charge in [0, 0.05) is 12.6 Å². The summed E-state index contributed by atoms with van der Waals surface area (Å²) >= 11 is 1.45. The lowest BCUT2D eigenvalue weighted by Gasteiger charge is -2.21. The first-order chi connectivity index (χ1) is 13.1. The molecule has 1 saturated carbocycles. The van der Waals surface area contributed by atoms with Crippen LogP contribution in [0, 0.1) is 5.92 Å². The van der Waals surface area contributed by atoms with Crippen molar-refractivity contribution in [3.63, 3.8) is 0 Å². The minimum absolute atomic E-state index is 0.0872. The second kappa shape index (κ2) is 9.97. The smallest absolute Gasteiger partial charge is 0.230 e. The molecule has 0 bridgehead atoms. The van der Waals surface area contributed by atoms with Crippen LogP contribution in [-0.2, 0) is 11.3 Å². The number of hydrogen-bond acceptors (Lipinski definition) is 5. The predicted molar refractivity (Wildman–Crippen MR) is 108 cm³/mol. The normalized spacial score (nSPS) is 16.3. The van der Waals surface area contributed by atoms with Crippen molar-refractivity contribution in [2.24, 2.45) is 5.92 Å². The Bertz CT molecular complexity index is 704. The fourth-order valence-corrected chi connectivity index (χ4v) is 4.27. The number of furan rings is 1. The van der Waals surface area contributed by atoms with Crippen LogP contribution in [0.15, 0.2) is 28.0 Å². The molecule has 3 rings (SSSR count). The molecule has 1 aliphatic carbocycles. The van der Waals surface area contributed by atoms with Gasteiger partial charge in [0.1, 0.15) is 0 Å². The molecule has 2 heterocycles. The first-order valence-corrected chi connectivity index (χ1v) is 11.0. The second-order valence-corrected chi connectivity index (χ2v) is 8.63. The van der Waals surface area contributed by atoms with Gasteiger partial charge in [-0.15, -0.1) is 10.2 Å². The van der Waals surface area contributed by atoms with Gasteiger partial charge in [0.2, 0.25) is 5.91 Å². The van der Waals surface area contributed by atoms with Crippen LogP contribution < -0.4 is 5.32 Å². The minimum atomic E-state index is 0.0872. The zero-order valence-corrected chi connectivity index (χ0v) is 17.1. The lowest BCUT2D eigenvalue weighted by atomic mass is 9.97. The summed E-state index contributed by atoms with van der Waals surface area (Å²) in [6.07, 6.45) is 10.2. The highest BCUT2D eigenvalue weighted by molar-refractivity contribution is 7.99. The molecule has 2 aromatic heterocycles. The number of carbonyl (C=O) groups is 1. The van der Waals surface area contributed by atoms with Crippen LogP contribution in [0.1, 0.15) is 58.8 Å². The summed E-state index contributed by atoms with van der Waals surface area (Å²) in [7, 11) is 0. The van der Waals surface area contributed by atoms with E-state index in [4.69, 9.17) is 4.42 Å². The van der Waals surface area contributed by atoms with Crippen LogP contribution in [0.3, 0.4) is 0 Å². The maximum absolute atomic E-state index is 12.4. The van der Waals surface area contributed by atoms with E-state index in [1.807, 2.05) is 12.1 Å². The van der Waals surface area contributed by atoms with Crippen molar-refractivity contribution in [3.05, 3.63) is 18.4 Å². The Morgan fingerprint density at radius 2 is 2.00 bits per heavy atom. The van der Waals surface area contributed by atoms with E-state index in [0.29, 0.717) is 23.5 Å². The van der Waals surface area contributed by atoms with Crippen molar-refractivity contribution in [1.82, 2.24) is 20.1 Å². The molecule has 0 radical (unpaired) electrons. The highest BCUT2D eigenvalue weighted by atomic mass is 32.2. The molecule has 0 aliphatic heterocycles. The largest absolute Gasteiger partial charge is 0.461 e. The highest BCUT2D eigenvalue weighted by Crippen LogP contribution is 2.25. The van der Waals surface area contributed by atoms with Crippen LogP contribution in [0.2, 0.25) is 0 Å². The van der Waals surface area contributed by atoms with Gasteiger partial charge in [0.25, 0.3) is 0 Å². The molecule has 27 heavy (non-hydrogen) atoms. The maximum atomic E-state index is 12.4. The van der Waals surface area contributed by atoms with E-state index in [-0.39, 0.29) is 5.91 Å². The minimum Gasteiger partial charge on any atom is -0.461 e. The van der Waals surface area contributed by atoms with E-state index in [1.165, 1.54) is 43.9 Å². The number of amides is 1. The quantitative estimate of drug-likeness (QED) is 0.704. The Labute approximate surface area is 165 Å². The average Bonchev–Trinajstić information content (AvgIpc) is 3.24. The number of thioether (sulfide) groups is 1. The number of carbonyl (C=O) groups excluding carboxylic acids is 1. The summed E-state index contributed by atoms with van der Waals surface area (Å²) in [5.74, 6) is 2.32. The van der Waals surface area contributed by atoms with Gasteiger partial charge in [-0.3, -0.25) is 9.36 Å². The number of aromatic nitrogens is 3.